The van der Waals surface area contributed by atoms with Crippen LogP contribution in [0.2, 0.25) is 10.0 Å². The number of aromatic amines is 1. The van der Waals surface area contributed by atoms with Gasteiger partial charge < -0.3 is 20.6 Å². The maximum atomic E-state index is 13.2. The van der Waals surface area contributed by atoms with Gasteiger partial charge in [0.15, 0.2) is 0 Å². The quantitative estimate of drug-likeness (QED) is 0.331. The van der Waals surface area contributed by atoms with Crippen molar-refractivity contribution in [2.45, 2.75) is 25.4 Å². The van der Waals surface area contributed by atoms with E-state index in [1.807, 2.05) is 6.07 Å². The number of carboxylic acids is 1. The van der Waals surface area contributed by atoms with Crippen molar-refractivity contribution < 1.29 is 24.3 Å². The lowest BCUT2D eigenvalue weighted by atomic mass is 9.96. The molecule has 0 unspecified atom stereocenters. The zero-order valence-electron chi connectivity index (χ0n) is 20.4. The van der Waals surface area contributed by atoms with Gasteiger partial charge in [-0.05, 0) is 42.2 Å². The van der Waals surface area contributed by atoms with Crippen molar-refractivity contribution >= 4 is 69.6 Å². The van der Waals surface area contributed by atoms with E-state index in [9.17, 15) is 24.3 Å². The molecule has 1 atom stereocenters. The fraction of sp³-hybridized carbons (Fsp3) is 0.269. The van der Waals surface area contributed by atoms with Crippen molar-refractivity contribution in [2.24, 2.45) is 0 Å². The Morgan fingerprint density at radius 1 is 1.18 bits per heavy atom. The Labute approximate surface area is 237 Å². The van der Waals surface area contributed by atoms with Gasteiger partial charge in [0.1, 0.15) is 6.04 Å². The van der Waals surface area contributed by atoms with Crippen LogP contribution in [0.3, 0.4) is 0 Å². The minimum Gasteiger partial charge on any atom is -0.480 e. The number of aliphatic carboxylic acids is 1. The third kappa shape index (κ3) is 5.61. The van der Waals surface area contributed by atoms with Crippen LogP contribution in [0.15, 0.2) is 41.4 Å². The van der Waals surface area contributed by atoms with Gasteiger partial charge in [0.2, 0.25) is 0 Å². The molecule has 0 saturated heterocycles. The number of hydrogen-bond donors (Lipinski definition) is 4. The van der Waals surface area contributed by atoms with Crippen molar-refractivity contribution in [3.05, 3.63) is 73.7 Å². The second kappa shape index (κ2) is 11.3. The van der Waals surface area contributed by atoms with Gasteiger partial charge in [-0.1, -0.05) is 35.3 Å². The first-order chi connectivity index (χ1) is 18.7. The lowest BCUT2D eigenvalue weighted by molar-refractivity contribution is -0.139. The van der Waals surface area contributed by atoms with Crippen LogP contribution in [0.4, 0.5) is 0 Å². The summed E-state index contributed by atoms with van der Waals surface area (Å²) in [5.41, 5.74) is 2.60. The molecule has 10 nitrogen and oxygen atoms in total. The Morgan fingerprint density at radius 3 is 2.74 bits per heavy atom. The molecule has 0 aliphatic carbocycles. The number of halogens is 2. The van der Waals surface area contributed by atoms with Gasteiger partial charge >= 0.3 is 5.97 Å². The number of H-pyrrole nitrogens is 1. The van der Waals surface area contributed by atoms with Crippen LogP contribution in [0.5, 0.6) is 0 Å². The van der Waals surface area contributed by atoms with Gasteiger partial charge in [-0.15, -0.1) is 11.8 Å². The molecule has 0 saturated carbocycles. The van der Waals surface area contributed by atoms with Crippen molar-refractivity contribution in [3.63, 3.8) is 0 Å². The number of nitrogens with zero attached hydrogens (tertiary/aromatic N) is 2. The number of thioether (sulfide) groups is 1. The number of aromatic nitrogens is 2. The maximum absolute atomic E-state index is 13.2. The molecule has 2 aliphatic heterocycles. The number of carbonyl (C=O) groups is 4. The first kappa shape index (κ1) is 27.0. The van der Waals surface area contributed by atoms with Crippen LogP contribution in [0, 0.1) is 0 Å². The molecule has 202 valence electrons. The van der Waals surface area contributed by atoms with E-state index in [2.05, 4.69) is 20.8 Å². The number of hydrogen-bond acceptors (Lipinski definition) is 6. The van der Waals surface area contributed by atoms with Crippen LogP contribution >= 0.6 is 35.0 Å². The molecular weight excluding hydrogens is 565 g/mol. The fourth-order valence-electron chi connectivity index (χ4n) is 4.57. The summed E-state index contributed by atoms with van der Waals surface area (Å²) in [6.45, 7) is 0.306. The minimum atomic E-state index is -1.39. The summed E-state index contributed by atoms with van der Waals surface area (Å²) in [6.07, 6.45) is 4.62. The summed E-state index contributed by atoms with van der Waals surface area (Å²) in [4.78, 5) is 52.5. The lowest BCUT2D eigenvalue weighted by Crippen LogP contribution is -2.48. The Bertz CT molecular complexity index is 1540. The van der Waals surface area contributed by atoms with Gasteiger partial charge in [0.05, 0.1) is 32.2 Å². The number of carbonyl (C=O) groups excluding carboxylic acids is 3. The molecule has 5 rings (SSSR count). The molecule has 3 aromatic rings. The molecule has 2 aliphatic rings. The number of rotatable bonds is 7. The van der Waals surface area contributed by atoms with E-state index in [1.54, 1.807) is 35.4 Å². The summed E-state index contributed by atoms with van der Waals surface area (Å²) < 4.78 is 0. The number of benzene rings is 2. The highest BCUT2D eigenvalue weighted by Gasteiger charge is 2.30. The van der Waals surface area contributed by atoms with Gasteiger partial charge in [-0.2, -0.15) is 5.10 Å². The Kier molecular flexibility index (Phi) is 7.83. The first-order valence-corrected chi connectivity index (χ1v) is 13.8. The molecule has 39 heavy (non-hydrogen) atoms. The topological polar surface area (TPSA) is 144 Å². The molecule has 0 bridgehead atoms. The largest absolute Gasteiger partial charge is 0.480 e. The summed E-state index contributed by atoms with van der Waals surface area (Å²) in [6, 6.07) is 5.50. The normalized spacial score (nSPS) is 15.4. The number of amides is 3. The standard InChI is InChI=1S/C26H23Cl2N5O5S/c27-17-8-15-12-33(25(36)13-3-4-14-10-30-32-18(14)9-13)6-5-16(15)22(28)21(17)24(35)31-19(26(37)38)11-29-23(34)20-2-1-7-39-20/h2-4,8-10,19H,1,5-7,11-12H2,(H,29,34)(H,30,32)(H,31,35)(H,37,38)/t19-/m0/s1. The lowest BCUT2D eigenvalue weighted by Gasteiger charge is -2.30. The van der Waals surface area contributed by atoms with E-state index in [-0.39, 0.29) is 40.5 Å². The highest BCUT2D eigenvalue weighted by molar-refractivity contribution is 8.04. The maximum Gasteiger partial charge on any atom is 0.328 e. The molecule has 0 spiro atoms. The van der Waals surface area contributed by atoms with Crippen molar-refractivity contribution in [2.75, 3.05) is 18.8 Å². The number of nitrogens with one attached hydrogen (secondary N) is 3. The number of allylic oxidation sites excluding steroid dienone is 1. The van der Waals surface area contributed by atoms with Gasteiger partial charge in [-0.25, -0.2) is 4.79 Å². The Morgan fingerprint density at radius 2 is 2.00 bits per heavy atom. The predicted octanol–water partition coefficient (Wildman–Crippen LogP) is 3.39. The van der Waals surface area contributed by atoms with Gasteiger partial charge in [0, 0.05) is 36.3 Å². The average molecular weight is 588 g/mol. The monoisotopic (exact) mass is 587 g/mol. The Hall–Kier alpha value is -3.54. The van der Waals surface area contributed by atoms with Crippen LogP contribution in [-0.4, -0.2) is 68.8 Å². The van der Waals surface area contributed by atoms with E-state index in [0.717, 1.165) is 23.1 Å². The average Bonchev–Trinajstić information content (AvgIpc) is 3.62. The summed E-state index contributed by atoms with van der Waals surface area (Å²) >= 11 is 14.5. The molecule has 3 amide bonds. The molecule has 0 radical (unpaired) electrons. The van der Waals surface area contributed by atoms with E-state index in [4.69, 9.17) is 23.2 Å². The van der Waals surface area contributed by atoms with Crippen LogP contribution in [0.25, 0.3) is 10.9 Å². The zero-order valence-corrected chi connectivity index (χ0v) is 22.8. The highest BCUT2D eigenvalue weighted by Crippen LogP contribution is 2.35. The number of carboxylic acid groups (broad SMARTS) is 1. The predicted molar refractivity (Wildman–Crippen MR) is 148 cm³/mol. The minimum absolute atomic E-state index is 0.0325. The highest BCUT2D eigenvalue weighted by atomic mass is 35.5. The van der Waals surface area contributed by atoms with E-state index in [1.165, 1.54) is 11.8 Å². The van der Waals surface area contributed by atoms with Gasteiger partial charge in [-0.3, -0.25) is 19.5 Å². The fourth-order valence-corrected chi connectivity index (χ4v) is 6.23. The van der Waals surface area contributed by atoms with Crippen molar-refractivity contribution in [3.8, 4) is 0 Å². The van der Waals surface area contributed by atoms with Crippen molar-refractivity contribution in [1.29, 1.82) is 0 Å². The smallest absolute Gasteiger partial charge is 0.328 e. The van der Waals surface area contributed by atoms with E-state index < -0.39 is 17.9 Å². The SMILES string of the molecule is O=C(NC[C@H](NC(=O)c1c(Cl)cc2c(c1Cl)CCN(C(=O)c1ccc3cn[nH]c3c1)C2)C(=O)O)C1=CCCS1. The zero-order chi connectivity index (χ0) is 27.7. The van der Waals surface area contributed by atoms with Crippen LogP contribution < -0.4 is 10.6 Å². The first-order valence-electron chi connectivity index (χ1n) is 12.1. The third-order valence-corrected chi connectivity index (χ3v) is 8.43. The Balaban J connectivity index is 1.29. The molecule has 4 N–H and O–H groups in total. The number of fused-ring (bicyclic) bond motifs is 2. The molecule has 2 aromatic carbocycles. The van der Waals surface area contributed by atoms with Crippen molar-refractivity contribution in [1.82, 2.24) is 25.7 Å². The molecular formula is C26H23Cl2N5O5S. The molecule has 13 heteroatoms. The molecule has 3 heterocycles. The van der Waals surface area contributed by atoms with E-state index >= 15 is 0 Å². The van der Waals surface area contributed by atoms with E-state index in [0.29, 0.717) is 34.6 Å². The van der Waals surface area contributed by atoms with Crippen LogP contribution in [-0.2, 0) is 22.6 Å². The summed E-state index contributed by atoms with van der Waals surface area (Å²) in [5, 5.41) is 22.4. The summed E-state index contributed by atoms with van der Waals surface area (Å²) in [7, 11) is 0. The third-order valence-electron chi connectivity index (χ3n) is 6.61. The van der Waals surface area contributed by atoms with Crippen LogP contribution in [0.1, 0.15) is 38.3 Å². The summed E-state index contributed by atoms with van der Waals surface area (Å²) in [5.74, 6) is -1.83. The molecule has 0 fully saturated rings. The second-order valence-electron chi connectivity index (χ2n) is 9.11. The molecule has 1 aromatic heterocycles. The second-order valence-corrected chi connectivity index (χ2v) is 11.0. The van der Waals surface area contributed by atoms with Gasteiger partial charge in [0.25, 0.3) is 17.7 Å².